The zero-order valence-electron chi connectivity index (χ0n) is 15.1. The minimum atomic E-state index is -6.35. The SMILES string of the molecule is C=C(Nc1c(C(F)(F)F)c(C(F)(F)C(F)(F)F)nn1C)c1cccc([N+](C)=O)c1F. The fourth-order valence-corrected chi connectivity index (χ4v) is 2.50. The van der Waals surface area contributed by atoms with Crippen LogP contribution in [-0.4, -0.2) is 27.8 Å². The Morgan fingerprint density at radius 2 is 1.70 bits per heavy atom. The number of anilines is 1. The van der Waals surface area contributed by atoms with Gasteiger partial charge in [0.1, 0.15) is 11.4 Å². The van der Waals surface area contributed by atoms with Crippen LogP contribution < -0.4 is 5.32 Å². The predicted molar refractivity (Wildman–Crippen MR) is 86.4 cm³/mol. The highest BCUT2D eigenvalue weighted by molar-refractivity contribution is 5.77. The molecule has 30 heavy (non-hydrogen) atoms. The van der Waals surface area contributed by atoms with E-state index in [0.29, 0.717) is 7.05 Å². The zero-order valence-corrected chi connectivity index (χ0v) is 15.1. The third kappa shape index (κ3) is 3.98. The fraction of sp³-hybridized carbons (Fsp3) is 0.312. The molecule has 0 spiro atoms. The molecule has 0 saturated heterocycles. The van der Waals surface area contributed by atoms with Crippen LogP contribution >= 0.6 is 0 Å². The summed E-state index contributed by atoms with van der Waals surface area (Å²) in [6.45, 7) is 3.28. The Morgan fingerprint density at radius 3 is 2.17 bits per heavy atom. The fourth-order valence-electron chi connectivity index (χ4n) is 2.50. The maximum absolute atomic E-state index is 14.4. The number of halogens is 9. The predicted octanol–water partition coefficient (Wildman–Crippen LogP) is 5.36. The van der Waals surface area contributed by atoms with E-state index in [-0.39, 0.29) is 9.44 Å². The van der Waals surface area contributed by atoms with Gasteiger partial charge in [-0.15, -0.1) is 0 Å². The number of benzene rings is 1. The number of hydrogen-bond acceptors (Lipinski definition) is 3. The van der Waals surface area contributed by atoms with E-state index in [1.54, 1.807) is 0 Å². The first-order valence-corrected chi connectivity index (χ1v) is 7.75. The van der Waals surface area contributed by atoms with Gasteiger partial charge in [0.2, 0.25) is 5.82 Å². The maximum Gasteiger partial charge on any atom is 0.459 e. The van der Waals surface area contributed by atoms with Crippen molar-refractivity contribution in [2.45, 2.75) is 18.3 Å². The van der Waals surface area contributed by atoms with Crippen molar-refractivity contribution in [2.24, 2.45) is 7.05 Å². The van der Waals surface area contributed by atoms with Crippen molar-refractivity contribution in [1.29, 1.82) is 0 Å². The van der Waals surface area contributed by atoms with Crippen molar-refractivity contribution in [3.63, 3.8) is 0 Å². The average Bonchev–Trinajstić information content (AvgIpc) is 2.91. The van der Waals surface area contributed by atoms with Crippen LogP contribution in [0.5, 0.6) is 0 Å². The third-order valence-corrected chi connectivity index (χ3v) is 3.90. The summed E-state index contributed by atoms with van der Waals surface area (Å²) < 4.78 is 120. The van der Waals surface area contributed by atoms with E-state index in [9.17, 15) is 44.4 Å². The molecule has 0 bridgehead atoms. The molecule has 1 heterocycles. The third-order valence-electron chi connectivity index (χ3n) is 3.90. The van der Waals surface area contributed by atoms with Crippen molar-refractivity contribution in [3.8, 4) is 0 Å². The first kappa shape index (κ1) is 23.2. The molecule has 0 aliphatic heterocycles. The molecule has 0 amide bonds. The normalized spacial score (nSPS) is 12.8. The Morgan fingerprint density at radius 1 is 1.13 bits per heavy atom. The van der Waals surface area contributed by atoms with Crippen molar-refractivity contribution in [3.05, 3.63) is 52.3 Å². The van der Waals surface area contributed by atoms with E-state index >= 15 is 0 Å². The van der Waals surface area contributed by atoms with Crippen molar-refractivity contribution in [1.82, 2.24) is 9.78 Å². The lowest BCUT2D eigenvalue weighted by atomic mass is 10.1. The summed E-state index contributed by atoms with van der Waals surface area (Å²) in [4.78, 5) is 11.3. The minimum absolute atomic E-state index is 0.102. The Bertz CT molecular complexity index is 1010. The van der Waals surface area contributed by atoms with Gasteiger partial charge in [-0.05, 0) is 6.07 Å². The quantitative estimate of drug-likeness (QED) is 0.497. The number of aryl methyl sites for hydroxylation is 1. The molecule has 0 atom stereocenters. The molecule has 0 saturated carbocycles. The molecule has 0 radical (unpaired) electrons. The Balaban J connectivity index is 2.63. The van der Waals surface area contributed by atoms with Gasteiger partial charge in [-0.25, -0.2) is 0 Å². The number of nitroso groups, excluding NO2 is 1. The van der Waals surface area contributed by atoms with E-state index in [1.165, 1.54) is 0 Å². The largest absolute Gasteiger partial charge is 0.459 e. The molecule has 164 valence electrons. The molecular formula is C16H12F9N4O+. The molecular weight excluding hydrogens is 435 g/mol. The molecule has 2 rings (SSSR count). The highest BCUT2D eigenvalue weighted by Gasteiger charge is 2.64. The summed E-state index contributed by atoms with van der Waals surface area (Å²) in [5, 5.41) is 4.58. The number of rotatable bonds is 5. The van der Waals surface area contributed by atoms with Gasteiger partial charge in [-0.1, -0.05) is 12.6 Å². The van der Waals surface area contributed by atoms with Crippen LogP contribution in [0.25, 0.3) is 5.70 Å². The molecule has 14 heteroatoms. The molecule has 1 aromatic carbocycles. The van der Waals surface area contributed by atoms with Crippen LogP contribution in [-0.2, 0) is 19.1 Å². The van der Waals surface area contributed by atoms with Gasteiger partial charge in [-0.2, -0.15) is 44.6 Å². The number of aromatic nitrogens is 2. The Hall–Kier alpha value is -3.06. The smallest absolute Gasteiger partial charge is 0.340 e. The zero-order chi connectivity index (χ0) is 23.2. The second-order valence-electron chi connectivity index (χ2n) is 6.01. The second-order valence-corrected chi connectivity index (χ2v) is 6.01. The van der Waals surface area contributed by atoms with E-state index in [2.05, 4.69) is 11.7 Å². The van der Waals surface area contributed by atoms with Gasteiger partial charge >= 0.3 is 18.3 Å². The van der Waals surface area contributed by atoms with Crippen LogP contribution in [0.2, 0.25) is 0 Å². The molecule has 1 aromatic heterocycles. The standard InChI is InChI=1S/C16H12F9N4O/c1-7(8-5-4-6-9(11(8)17)29(3)30)26-13-10(15(20,21)22)12(27-28(13)2)14(18,19)16(23,24)25/h4-6,26H,1H2,2-3H3/q+1. The van der Waals surface area contributed by atoms with Crippen LogP contribution in [0, 0.1) is 10.7 Å². The summed E-state index contributed by atoms with van der Waals surface area (Å²) in [7, 11) is 1.62. The first-order chi connectivity index (χ1) is 13.5. The van der Waals surface area contributed by atoms with Gasteiger partial charge in [0.05, 0.1) is 0 Å². The van der Waals surface area contributed by atoms with E-state index in [4.69, 9.17) is 0 Å². The summed E-state index contributed by atoms with van der Waals surface area (Å²) in [6, 6.07) is 3.21. The van der Waals surface area contributed by atoms with Crippen molar-refractivity contribution < 1.29 is 44.3 Å². The Kier molecular flexibility index (Phi) is 5.67. The summed E-state index contributed by atoms with van der Waals surface area (Å²) in [6.07, 6.45) is -12.0. The minimum Gasteiger partial charge on any atom is -0.340 e. The van der Waals surface area contributed by atoms with E-state index in [0.717, 1.165) is 25.2 Å². The van der Waals surface area contributed by atoms with E-state index < -0.39 is 58.1 Å². The van der Waals surface area contributed by atoms with Gasteiger partial charge < -0.3 is 5.32 Å². The summed E-state index contributed by atoms with van der Waals surface area (Å²) in [5.74, 6) is -8.45. The van der Waals surface area contributed by atoms with Gasteiger partial charge in [0, 0.05) is 34.0 Å². The molecule has 0 aliphatic carbocycles. The number of nitrogens with one attached hydrogen (secondary N) is 1. The van der Waals surface area contributed by atoms with Gasteiger partial charge in [-0.3, -0.25) is 4.68 Å². The highest BCUT2D eigenvalue weighted by atomic mass is 19.4. The summed E-state index contributed by atoms with van der Waals surface area (Å²) in [5.41, 5.74) is -6.65. The molecule has 2 aromatic rings. The van der Waals surface area contributed by atoms with Crippen LogP contribution in [0.4, 0.5) is 51.0 Å². The van der Waals surface area contributed by atoms with Crippen molar-refractivity contribution >= 4 is 17.2 Å². The number of hydrogen-bond donors (Lipinski definition) is 1. The lowest BCUT2D eigenvalue weighted by Gasteiger charge is -2.20. The molecule has 1 N–H and O–H groups in total. The lowest BCUT2D eigenvalue weighted by Crippen LogP contribution is -2.36. The van der Waals surface area contributed by atoms with Crippen molar-refractivity contribution in [2.75, 3.05) is 12.4 Å². The van der Waals surface area contributed by atoms with Gasteiger partial charge in [0.15, 0.2) is 12.7 Å². The topological polar surface area (TPSA) is 49.9 Å². The number of alkyl halides is 8. The average molecular weight is 447 g/mol. The molecule has 0 aliphatic rings. The second kappa shape index (κ2) is 7.32. The first-order valence-electron chi connectivity index (χ1n) is 7.75. The highest BCUT2D eigenvalue weighted by Crippen LogP contribution is 2.50. The van der Waals surface area contributed by atoms with Crippen LogP contribution in [0.15, 0.2) is 24.8 Å². The van der Waals surface area contributed by atoms with Crippen LogP contribution in [0.3, 0.4) is 0 Å². The van der Waals surface area contributed by atoms with Gasteiger partial charge in [0.25, 0.3) is 5.69 Å². The summed E-state index contributed by atoms with van der Waals surface area (Å²) >= 11 is 0. The number of nitrogens with zero attached hydrogens (tertiary/aromatic N) is 3. The molecule has 5 nitrogen and oxygen atoms in total. The lowest BCUT2D eigenvalue weighted by molar-refractivity contribution is -0.430. The van der Waals surface area contributed by atoms with Crippen LogP contribution in [0.1, 0.15) is 16.8 Å². The molecule has 0 fully saturated rings. The van der Waals surface area contributed by atoms with E-state index in [1.807, 2.05) is 5.32 Å². The molecule has 0 unspecified atom stereocenters. The monoisotopic (exact) mass is 447 g/mol. The maximum atomic E-state index is 14.4. The Labute approximate surface area is 162 Å².